The number of aromatic nitrogens is 9. The largest absolute Gasteiger partial charge is 0.342 e. The molecule has 10 nitrogen and oxygen atoms in total. The smallest absolute Gasteiger partial charge is 0.237 e. The lowest BCUT2D eigenvalue weighted by Gasteiger charge is -2.42. The van der Waals surface area contributed by atoms with Crippen LogP contribution in [0.4, 0.5) is 5.82 Å². The Morgan fingerprint density at radius 3 is 2.55 bits per heavy atom. The van der Waals surface area contributed by atoms with Gasteiger partial charge < -0.3 is 4.90 Å². The highest BCUT2D eigenvalue weighted by Crippen LogP contribution is 2.42. The summed E-state index contributed by atoms with van der Waals surface area (Å²) in [6.07, 6.45) is 7.03. The van der Waals surface area contributed by atoms with E-state index in [4.69, 9.17) is 4.98 Å². The van der Waals surface area contributed by atoms with E-state index in [0.29, 0.717) is 23.4 Å². The van der Waals surface area contributed by atoms with Crippen molar-refractivity contribution in [1.29, 1.82) is 0 Å². The van der Waals surface area contributed by atoms with E-state index in [-0.39, 0.29) is 12.1 Å². The Labute approximate surface area is 180 Å². The van der Waals surface area contributed by atoms with Gasteiger partial charge in [0.05, 0.1) is 12.2 Å². The molecule has 0 aliphatic carbocycles. The number of fused-ring (bicyclic) bond motifs is 3. The quantitative estimate of drug-likeness (QED) is 0.500. The standard InChI is InChI=1S/C21H24N10/c1-12(2)17-20-28-26-14(5)31(20)16-11-23-21(25-19(16)30(17)13(3)4)29-10-9-22-18(29)15-7-6-8-24-27-15/h6-13,17H,1-5H3. The zero-order chi connectivity index (χ0) is 21.7. The highest BCUT2D eigenvalue weighted by atomic mass is 15.4. The molecule has 10 heteroatoms. The summed E-state index contributed by atoms with van der Waals surface area (Å²) in [6, 6.07) is 3.96. The molecule has 0 aromatic carbocycles. The Balaban J connectivity index is 1.71. The molecule has 1 unspecified atom stereocenters. The Kier molecular flexibility index (Phi) is 4.49. The van der Waals surface area contributed by atoms with Gasteiger partial charge in [0.25, 0.3) is 0 Å². The van der Waals surface area contributed by atoms with Crippen molar-refractivity contribution in [2.45, 2.75) is 46.7 Å². The van der Waals surface area contributed by atoms with Gasteiger partial charge in [0.15, 0.2) is 17.5 Å². The summed E-state index contributed by atoms with van der Waals surface area (Å²) in [6.45, 7) is 10.7. The number of hydrogen-bond acceptors (Lipinski definition) is 8. The molecule has 31 heavy (non-hydrogen) atoms. The van der Waals surface area contributed by atoms with Crippen LogP contribution in [0.2, 0.25) is 0 Å². The lowest BCUT2D eigenvalue weighted by Crippen LogP contribution is -2.43. The second-order valence-electron chi connectivity index (χ2n) is 8.24. The number of imidazole rings is 1. The van der Waals surface area contributed by atoms with Crippen molar-refractivity contribution in [3.05, 3.63) is 48.6 Å². The third-order valence-corrected chi connectivity index (χ3v) is 5.48. The zero-order valence-corrected chi connectivity index (χ0v) is 18.2. The minimum atomic E-state index is 0.0543. The fraction of sp³-hybridized carbons (Fsp3) is 0.381. The normalized spacial score (nSPS) is 15.5. The number of hydrogen-bond donors (Lipinski definition) is 0. The van der Waals surface area contributed by atoms with E-state index < -0.39 is 0 Å². The van der Waals surface area contributed by atoms with Crippen LogP contribution >= 0.6 is 0 Å². The summed E-state index contributed by atoms with van der Waals surface area (Å²) in [7, 11) is 0. The van der Waals surface area contributed by atoms with Crippen molar-refractivity contribution < 1.29 is 0 Å². The van der Waals surface area contributed by atoms with Crippen molar-refractivity contribution in [3.8, 4) is 23.2 Å². The van der Waals surface area contributed by atoms with Crippen LogP contribution in [0.1, 0.15) is 45.4 Å². The maximum Gasteiger partial charge on any atom is 0.237 e. The predicted molar refractivity (Wildman–Crippen MR) is 115 cm³/mol. The Bertz CT molecular complexity index is 1220. The molecule has 4 aromatic rings. The van der Waals surface area contributed by atoms with Crippen LogP contribution in [-0.2, 0) is 0 Å². The average Bonchev–Trinajstić information content (AvgIpc) is 3.40. The molecule has 1 aliphatic rings. The van der Waals surface area contributed by atoms with Gasteiger partial charge in [-0.2, -0.15) is 10.1 Å². The van der Waals surface area contributed by atoms with Crippen molar-refractivity contribution in [2.24, 2.45) is 5.92 Å². The number of nitrogens with zero attached hydrogens (tertiary/aromatic N) is 10. The lowest BCUT2D eigenvalue weighted by atomic mass is 9.98. The second-order valence-corrected chi connectivity index (χ2v) is 8.24. The third kappa shape index (κ3) is 2.97. The Morgan fingerprint density at radius 2 is 1.84 bits per heavy atom. The Hall–Kier alpha value is -3.69. The van der Waals surface area contributed by atoms with Crippen molar-refractivity contribution >= 4 is 5.82 Å². The van der Waals surface area contributed by atoms with Gasteiger partial charge in [0.1, 0.15) is 17.2 Å². The van der Waals surface area contributed by atoms with Crippen molar-refractivity contribution in [3.63, 3.8) is 0 Å². The lowest BCUT2D eigenvalue weighted by molar-refractivity contribution is 0.406. The topological polar surface area (TPSA) is 103 Å². The van der Waals surface area contributed by atoms with E-state index >= 15 is 0 Å². The molecule has 5 heterocycles. The molecule has 5 rings (SSSR count). The molecule has 0 radical (unpaired) electrons. The summed E-state index contributed by atoms with van der Waals surface area (Å²) in [5.41, 5.74) is 1.54. The molecular formula is C21H24N10. The minimum absolute atomic E-state index is 0.0543. The summed E-state index contributed by atoms with van der Waals surface area (Å²) < 4.78 is 3.90. The SMILES string of the molecule is Cc1nnc2n1-c1cnc(-n3ccnc3-c3cccnn3)nc1N(C(C)C)C2C(C)C. The first kappa shape index (κ1) is 19.3. The van der Waals surface area contributed by atoms with Crippen LogP contribution in [0.5, 0.6) is 0 Å². The first-order valence-electron chi connectivity index (χ1n) is 10.4. The monoisotopic (exact) mass is 416 g/mol. The van der Waals surface area contributed by atoms with Gasteiger partial charge in [-0.25, -0.2) is 9.97 Å². The maximum atomic E-state index is 5.01. The van der Waals surface area contributed by atoms with Gasteiger partial charge in [0.2, 0.25) is 5.95 Å². The summed E-state index contributed by atoms with van der Waals surface area (Å²) in [5.74, 6) is 4.09. The van der Waals surface area contributed by atoms with E-state index in [1.165, 1.54) is 0 Å². The van der Waals surface area contributed by atoms with Crippen LogP contribution < -0.4 is 4.90 Å². The predicted octanol–water partition coefficient (Wildman–Crippen LogP) is 2.93. The van der Waals surface area contributed by atoms with Crippen LogP contribution in [0.3, 0.4) is 0 Å². The maximum absolute atomic E-state index is 5.01. The van der Waals surface area contributed by atoms with E-state index in [0.717, 1.165) is 23.2 Å². The van der Waals surface area contributed by atoms with E-state index in [1.54, 1.807) is 12.4 Å². The Morgan fingerprint density at radius 1 is 1.00 bits per heavy atom. The van der Waals surface area contributed by atoms with Gasteiger partial charge >= 0.3 is 0 Å². The van der Waals surface area contributed by atoms with Gasteiger partial charge in [-0.15, -0.1) is 15.3 Å². The zero-order valence-electron chi connectivity index (χ0n) is 18.2. The number of anilines is 1. The fourth-order valence-electron chi connectivity index (χ4n) is 4.21. The molecule has 1 atom stereocenters. The van der Waals surface area contributed by atoms with Crippen LogP contribution in [-0.4, -0.2) is 50.5 Å². The molecule has 0 fully saturated rings. The highest BCUT2D eigenvalue weighted by molar-refractivity contribution is 5.63. The third-order valence-electron chi connectivity index (χ3n) is 5.48. The van der Waals surface area contributed by atoms with Gasteiger partial charge in [0, 0.05) is 24.6 Å². The van der Waals surface area contributed by atoms with E-state index in [2.05, 4.69) is 67.5 Å². The second kappa shape index (κ2) is 7.22. The van der Waals surface area contributed by atoms with Crippen molar-refractivity contribution in [1.82, 2.24) is 44.5 Å². The average molecular weight is 416 g/mol. The fourth-order valence-corrected chi connectivity index (χ4v) is 4.21. The van der Waals surface area contributed by atoms with Gasteiger partial charge in [-0.05, 0) is 38.8 Å². The molecule has 4 aromatic heterocycles. The van der Waals surface area contributed by atoms with E-state index in [9.17, 15) is 0 Å². The molecule has 158 valence electrons. The molecule has 0 amide bonds. The number of rotatable bonds is 4. The minimum Gasteiger partial charge on any atom is -0.342 e. The molecule has 0 N–H and O–H groups in total. The highest BCUT2D eigenvalue weighted by Gasteiger charge is 2.38. The molecule has 0 saturated carbocycles. The summed E-state index contributed by atoms with van der Waals surface area (Å²) in [4.78, 5) is 16.4. The molecular weight excluding hydrogens is 392 g/mol. The summed E-state index contributed by atoms with van der Waals surface area (Å²) in [5, 5.41) is 17.0. The van der Waals surface area contributed by atoms with E-state index in [1.807, 2.05) is 36.0 Å². The first-order valence-corrected chi connectivity index (χ1v) is 10.4. The van der Waals surface area contributed by atoms with Gasteiger partial charge in [-0.3, -0.25) is 9.13 Å². The molecule has 0 saturated heterocycles. The first-order chi connectivity index (χ1) is 15.0. The molecule has 0 bridgehead atoms. The summed E-state index contributed by atoms with van der Waals surface area (Å²) >= 11 is 0. The molecule has 1 aliphatic heterocycles. The van der Waals surface area contributed by atoms with Crippen LogP contribution in [0, 0.1) is 12.8 Å². The van der Waals surface area contributed by atoms with Crippen molar-refractivity contribution in [2.75, 3.05) is 4.90 Å². The number of aryl methyl sites for hydroxylation is 1. The van der Waals surface area contributed by atoms with Crippen LogP contribution in [0.25, 0.3) is 23.2 Å². The van der Waals surface area contributed by atoms with Crippen LogP contribution in [0.15, 0.2) is 36.9 Å². The van der Waals surface area contributed by atoms with Gasteiger partial charge in [-0.1, -0.05) is 13.8 Å². The molecule has 0 spiro atoms.